The molecule has 0 aliphatic rings. The number of aromatic nitrogens is 2. The summed E-state index contributed by atoms with van der Waals surface area (Å²) in [7, 11) is 1.79. The molecule has 0 bridgehead atoms. The Labute approximate surface area is 96.9 Å². The number of amides is 1. The maximum atomic E-state index is 11.8. The van der Waals surface area contributed by atoms with Gasteiger partial charge in [0.1, 0.15) is 0 Å². The number of rotatable bonds is 2. The number of carbonyl (C=O) groups excluding carboxylic acids is 1. The highest BCUT2D eigenvalue weighted by Crippen LogP contribution is 2.23. The average molecular weight is 236 g/mol. The summed E-state index contributed by atoms with van der Waals surface area (Å²) in [6.07, 6.45) is 1.77. The number of carbonyl (C=O) groups is 1. The summed E-state index contributed by atoms with van der Waals surface area (Å²) in [4.78, 5) is 13.3. The molecule has 0 saturated heterocycles. The van der Waals surface area contributed by atoms with Crippen LogP contribution in [0.2, 0.25) is 0 Å². The molecule has 0 unspecified atom stereocenters. The summed E-state index contributed by atoms with van der Waals surface area (Å²) in [5, 5.41) is 6.77. The molecular weight excluding hydrogens is 224 g/mol. The van der Waals surface area contributed by atoms with E-state index in [1.807, 2.05) is 6.92 Å². The number of thiophene rings is 1. The van der Waals surface area contributed by atoms with Crippen LogP contribution in [0.25, 0.3) is 0 Å². The van der Waals surface area contributed by atoms with E-state index in [0.717, 1.165) is 4.88 Å². The lowest BCUT2D eigenvalue weighted by molar-refractivity contribution is 0.103. The maximum Gasteiger partial charge on any atom is 0.267 e. The number of hydrogen-bond donors (Lipinski definition) is 2. The molecule has 0 saturated carbocycles. The zero-order chi connectivity index (χ0) is 11.7. The standard InChI is InChI=1S/C10H12N4OS/c1-6-7(11)5-8(16-6)10(15)12-9-3-4-14(2)13-9/h3-5H,11H2,1-2H3,(H,12,13,15). The largest absolute Gasteiger partial charge is 0.398 e. The van der Waals surface area contributed by atoms with Crippen LogP contribution < -0.4 is 11.1 Å². The van der Waals surface area contributed by atoms with E-state index in [9.17, 15) is 4.79 Å². The first kappa shape index (κ1) is 10.7. The third-order valence-corrected chi connectivity index (χ3v) is 3.20. The Hall–Kier alpha value is -1.82. The highest BCUT2D eigenvalue weighted by atomic mass is 32.1. The van der Waals surface area contributed by atoms with Gasteiger partial charge < -0.3 is 11.1 Å². The Morgan fingerprint density at radius 2 is 2.38 bits per heavy atom. The number of nitrogens with two attached hydrogens (primary N) is 1. The summed E-state index contributed by atoms with van der Waals surface area (Å²) in [5.74, 6) is 0.362. The fourth-order valence-corrected chi connectivity index (χ4v) is 2.10. The number of hydrogen-bond acceptors (Lipinski definition) is 4. The van der Waals surface area contributed by atoms with E-state index >= 15 is 0 Å². The Balaban J connectivity index is 2.14. The van der Waals surface area contributed by atoms with Gasteiger partial charge in [0, 0.05) is 29.9 Å². The lowest BCUT2D eigenvalue weighted by Crippen LogP contribution is -2.10. The molecule has 3 N–H and O–H groups in total. The fraction of sp³-hybridized carbons (Fsp3) is 0.200. The van der Waals surface area contributed by atoms with Crippen molar-refractivity contribution in [2.45, 2.75) is 6.92 Å². The Morgan fingerprint density at radius 3 is 2.88 bits per heavy atom. The van der Waals surface area contributed by atoms with Gasteiger partial charge in [-0.05, 0) is 13.0 Å². The van der Waals surface area contributed by atoms with Crippen LogP contribution in [-0.2, 0) is 7.05 Å². The van der Waals surface area contributed by atoms with Crippen molar-refractivity contribution < 1.29 is 4.79 Å². The van der Waals surface area contributed by atoms with Crippen LogP contribution in [0.15, 0.2) is 18.3 Å². The summed E-state index contributed by atoms with van der Waals surface area (Å²) >= 11 is 1.38. The van der Waals surface area contributed by atoms with E-state index in [4.69, 9.17) is 5.73 Å². The third kappa shape index (κ3) is 2.06. The van der Waals surface area contributed by atoms with Gasteiger partial charge in [-0.2, -0.15) is 5.10 Å². The molecule has 16 heavy (non-hydrogen) atoms. The number of nitrogens with zero attached hydrogens (tertiary/aromatic N) is 2. The van der Waals surface area contributed by atoms with Crippen LogP contribution in [0.1, 0.15) is 14.5 Å². The van der Waals surface area contributed by atoms with Gasteiger partial charge in [0.25, 0.3) is 5.91 Å². The van der Waals surface area contributed by atoms with Gasteiger partial charge in [-0.25, -0.2) is 0 Å². The smallest absolute Gasteiger partial charge is 0.267 e. The first-order valence-electron chi connectivity index (χ1n) is 4.73. The molecular formula is C10H12N4OS. The van der Waals surface area contributed by atoms with Crippen molar-refractivity contribution in [1.29, 1.82) is 0 Å². The van der Waals surface area contributed by atoms with Crippen LogP contribution in [-0.4, -0.2) is 15.7 Å². The SMILES string of the molecule is Cc1sc(C(=O)Nc2ccn(C)n2)cc1N. The topological polar surface area (TPSA) is 72.9 Å². The third-order valence-electron chi connectivity index (χ3n) is 2.14. The molecule has 2 heterocycles. The van der Waals surface area contributed by atoms with Crippen molar-refractivity contribution in [1.82, 2.24) is 9.78 Å². The molecule has 5 nitrogen and oxygen atoms in total. The van der Waals surface area contributed by atoms with Gasteiger partial charge in [0.2, 0.25) is 0 Å². The van der Waals surface area contributed by atoms with Crippen molar-refractivity contribution in [2.75, 3.05) is 11.1 Å². The molecule has 84 valence electrons. The number of nitrogen functional groups attached to an aromatic ring is 1. The Bertz CT molecular complexity index is 509. The summed E-state index contributed by atoms with van der Waals surface area (Å²) < 4.78 is 1.63. The minimum absolute atomic E-state index is 0.177. The van der Waals surface area contributed by atoms with Crippen molar-refractivity contribution in [3.05, 3.63) is 28.1 Å². The van der Waals surface area contributed by atoms with Gasteiger partial charge in [-0.1, -0.05) is 0 Å². The van der Waals surface area contributed by atoms with E-state index < -0.39 is 0 Å². The first-order valence-corrected chi connectivity index (χ1v) is 5.55. The van der Waals surface area contributed by atoms with E-state index in [0.29, 0.717) is 16.4 Å². The van der Waals surface area contributed by atoms with Crippen molar-refractivity contribution >= 4 is 28.7 Å². The van der Waals surface area contributed by atoms with Crippen LogP contribution in [0.5, 0.6) is 0 Å². The average Bonchev–Trinajstić information content (AvgIpc) is 2.75. The van der Waals surface area contributed by atoms with Crippen molar-refractivity contribution in [3.8, 4) is 0 Å². The predicted molar refractivity (Wildman–Crippen MR) is 64.6 cm³/mol. The highest BCUT2D eigenvalue weighted by Gasteiger charge is 2.11. The van der Waals surface area contributed by atoms with Gasteiger partial charge >= 0.3 is 0 Å². The van der Waals surface area contributed by atoms with Crippen LogP contribution in [0.3, 0.4) is 0 Å². The van der Waals surface area contributed by atoms with Crippen LogP contribution in [0, 0.1) is 6.92 Å². The molecule has 0 fully saturated rings. The minimum atomic E-state index is -0.177. The van der Waals surface area contributed by atoms with Gasteiger partial charge in [-0.15, -0.1) is 11.3 Å². The molecule has 0 aliphatic heterocycles. The molecule has 0 atom stereocenters. The lowest BCUT2D eigenvalue weighted by Gasteiger charge is -1.97. The van der Waals surface area contributed by atoms with Crippen LogP contribution in [0.4, 0.5) is 11.5 Å². The van der Waals surface area contributed by atoms with E-state index in [2.05, 4.69) is 10.4 Å². The number of aryl methyl sites for hydroxylation is 2. The summed E-state index contributed by atoms with van der Waals surface area (Å²) in [6.45, 7) is 1.89. The number of nitrogens with one attached hydrogen (secondary N) is 1. The first-order chi connectivity index (χ1) is 7.56. The monoisotopic (exact) mass is 236 g/mol. The zero-order valence-electron chi connectivity index (χ0n) is 9.02. The Kier molecular flexibility index (Phi) is 2.66. The molecule has 2 rings (SSSR count). The van der Waals surface area contributed by atoms with Gasteiger partial charge in [-0.3, -0.25) is 9.48 Å². The van der Waals surface area contributed by atoms with Gasteiger partial charge in [0.05, 0.1) is 4.88 Å². The number of anilines is 2. The molecule has 2 aromatic heterocycles. The molecule has 0 aromatic carbocycles. The van der Waals surface area contributed by atoms with Crippen molar-refractivity contribution in [2.24, 2.45) is 7.05 Å². The highest BCUT2D eigenvalue weighted by molar-refractivity contribution is 7.14. The predicted octanol–water partition coefficient (Wildman–Crippen LogP) is 1.62. The quantitative estimate of drug-likeness (QED) is 0.832. The summed E-state index contributed by atoms with van der Waals surface area (Å²) in [6, 6.07) is 3.42. The second-order valence-corrected chi connectivity index (χ2v) is 4.71. The zero-order valence-corrected chi connectivity index (χ0v) is 9.84. The fourth-order valence-electron chi connectivity index (χ4n) is 1.27. The normalized spacial score (nSPS) is 10.4. The molecule has 2 aromatic rings. The Morgan fingerprint density at radius 1 is 1.62 bits per heavy atom. The van der Waals surface area contributed by atoms with Crippen molar-refractivity contribution in [3.63, 3.8) is 0 Å². The lowest BCUT2D eigenvalue weighted by atomic mass is 10.3. The molecule has 1 amide bonds. The van der Waals surface area contributed by atoms with Gasteiger partial charge in [0.15, 0.2) is 5.82 Å². The molecule has 0 spiro atoms. The maximum absolute atomic E-state index is 11.8. The minimum Gasteiger partial charge on any atom is -0.398 e. The van der Waals surface area contributed by atoms with E-state index in [1.165, 1.54) is 11.3 Å². The second-order valence-electron chi connectivity index (χ2n) is 3.45. The van der Waals surface area contributed by atoms with Crippen LogP contribution >= 0.6 is 11.3 Å². The summed E-state index contributed by atoms with van der Waals surface area (Å²) in [5.41, 5.74) is 6.34. The van der Waals surface area contributed by atoms with E-state index in [1.54, 1.807) is 30.1 Å². The van der Waals surface area contributed by atoms with E-state index in [-0.39, 0.29) is 5.91 Å². The molecule has 0 radical (unpaired) electrons. The molecule has 0 aliphatic carbocycles. The second kappa shape index (κ2) is 3.97. The molecule has 6 heteroatoms.